The molecule has 0 saturated carbocycles. The molecule has 0 aliphatic rings. The summed E-state index contributed by atoms with van der Waals surface area (Å²) < 4.78 is 0. The van der Waals surface area contributed by atoms with Crippen LogP contribution in [0.1, 0.15) is 12.1 Å². The van der Waals surface area contributed by atoms with Crippen LogP contribution in [0.25, 0.3) is 0 Å². The van der Waals surface area contributed by atoms with Crippen molar-refractivity contribution in [3.05, 3.63) is 18.1 Å². The molecule has 0 atom stereocenters. The third kappa shape index (κ3) is 3.48. The van der Waals surface area contributed by atoms with Gasteiger partial charge in [0.15, 0.2) is 11.5 Å². The van der Waals surface area contributed by atoms with Gasteiger partial charge < -0.3 is 9.80 Å². The van der Waals surface area contributed by atoms with Gasteiger partial charge in [-0.05, 0) is 27.1 Å². The van der Waals surface area contributed by atoms with Gasteiger partial charge in [-0.25, -0.2) is 9.97 Å². The van der Waals surface area contributed by atoms with Crippen LogP contribution in [0.15, 0.2) is 12.4 Å². The van der Waals surface area contributed by atoms with E-state index in [1.807, 2.05) is 32.1 Å². The molecule has 5 heteroatoms. The molecule has 0 aromatic carbocycles. The van der Waals surface area contributed by atoms with E-state index < -0.39 is 0 Å². The molecule has 1 aromatic heterocycles. The molecule has 1 rings (SSSR count). The second kappa shape index (κ2) is 6.03. The average Bonchev–Trinajstić information content (AvgIpc) is 2.28. The van der Waals surface area contributed by atoms with Crippen molar-refractivity contribution in [3.63, 3.8) is 0 Å². The molecule has 0 saturated heterocycles. The number of anilines is 1. The van der Waals surface area contributed by atoms with E-state index in [4.69, 9.17) is 5.26 Å². The number of rotatable bonds is 5. The Bertz CT molecular complexity index is 369. The van der Waals surface area contributed by atoms with Gasteiger partial charge in [0.2, 0.25) is 0 Å². The van der Waals surface area contributed by atoms with Crippen LogP contribution >= 0.6 is 0 Å². The molecule has 5 nitrogen and oxygen atoms in total. The first-order chi connectivity index (χ1) is 7.65. The summed E-state index contributed by atoms with van der Waals surface area (Å²) in [4.78, 5) is 12.3. The Labute approximate surface area is 96.3 Å². The molecule has 16 heavy (non-hydrogen) atoms. The molecule has 0 unspecified atom stereocenters. The van der Waals surface area contributed by atoms with Crippen LogP contribution < -0.4 is 4.90 Å². The summed E-state index contributed by atoms with van der Waals surface area (Å²) in [6.45, 7) is 1.89. The summed E-state index contributed by atoms with van der Waals surface area (Å²) in [5, 5.41) is 8.89. The minimum Gasteiger partial charge on any atom is -0.357 e. The van der Waals surface area contributed by atoms with Crippen LogP contribution in [0.5, 0.6) is 0 Å². The second-order valence-electron chi connectivity index (χ2n) is 3.92. The molecule has 0 spiro atoms. The van der Waals surface area contributed by atoms with Gasteiger partial charge in [-0.15, -0.1) is 0 Å². The van der Waals surface area contributed by atoms with E-state index in [1.165, 1.54) is 6.20 Å². The van der Waals surface area contributed by atoms with Crippen molar-refractivity contribution < 1.29 is 0 Å². The van der Waals surface area contributed by atoms with Gasteiger partial charge >= 0.3 is 0 Å². The predicted molar refractivity (Wildman–Crippen MR) is 63.2 cm³/mol. The van der Waals surface area contributed by atoms with E-state index in [0.29, 0.717) is 11.5 Å². The summed E-state index contributed by atoms with van der Waals surface area (Å²) in [7, 11) is 6.02. The summed E-state index contributed by atoms with van der Waals surface area (Å²) in [5.74, 6) is 0.656. The highest BCUT2D eigenvalue weighted by atomic mass is 15.2. The molecule has 0 fully saturated rings. The minimum atomic E-state index is 0.384. The van der Waals surface area contributed by atoms with Crippen molar-refractivity contribution in [2.24, 2.45) is 0 Å². The second-order valence-corrected chi connectivity index (χ2v) is 3.92. The SMILES string of the molecule is CN(C)CCCN(C)c1nccnc1C#N. The zero-order chi connectivity index (χ0) is 12.0. The van der Waals surface area contributed by atoms with Gasteiger partial charge in [-0.3, -0.25) is 0 Å². The molecule has 0 amide bonds. The minimum absolute atomic E-state index is 0.384. The molecular formula is C11H17N5. The monoisotopic (exact) mass is 219 g/mol. The lowest BCUT2D eigenvalue weighted by atomic mass is 10.3. The Hall–Kier alpha value is -1.67. The van der Waals surface area contributed by atoms with Crippen molar-refractivity contribution in [1.29, 1.82) is 5.26 Å². The molecule has 0 N–H and O–H groups in total. The molecule has 0 aliphatic carbocycles. The highest BCUT2D eigenvalue weighted by Crippen LogP contribution is 2.11. The maximum Gasteiger partial charge on any atom is 0.183 e. The topological polar surface area (TPSA) is 56.1 Å². The van der Waals surface area contributed by atoms with Crippen molar-refractivity contribution in [3.8, 4) is 6.07 Å². The first-order valence-corrected chi connectivity index (χ1v) is 5.22. The summed E-state index contributed by atoms with van der Waals surface area (Å²) in [5.41, 5.74) is 0.384. The Morgan fingerprint density at radius 2 is 1.88 bits per heavy atom. The van der Waals surface area contributed by atoms with Gasteiger partial charge in [0.1, 0.15) is 6.07 Å². The van der Waals surface area contributed by atoms with Crippen LogP contribution in [0.4, 0.5) is 5.82 Å². The average molecular weight is 219 g/mol. The van der Waals surface area contributed by atoms with Crippen molar-refractivity contribution in [2.75, 3.05) is 39.1 Å². The summed E-state index contributed by atoms with van der Waals surface area (Å²) in [6, 6.07) is 2.05. The van der Waals surface area contributed by atoms with Crippen LogP contribution in [-0.2, 0) is 0 Å². The highest BCUT2D eigenvalue weighted by Gasteiger charge is 2.08. The van der Waals surface area contributed by atoms with E-state index >= 15 is 0 Å². The Kier molecular flexibility index (Phi) is 4.67. The molecule has 0 aliphatic heterocycles. The number of nitriles is 1. The molecular weight excluding hydrogens is 202 g/mol. The summed E-state index contributed by atoms with van der Waals surface area (Å²) in [6.07, 6.45) is 4.18. The first-order valence-electron chi connectivity index (χ1n) is 5.22. The molecule has 1 aromatic rings. The highest BCUT2D eigenvalue weighted by molar-refractivity contribution is 5.48. The lowest BCUT2D eigenvalue weighted by Gasteiger charge is -2.19. The lowest BCUT2D eigenvalue weighted by Crippen LogP contribution is -2.24. The predicted octanol–water partition coefficient (Wildman–Crippen LogP) is 0.736. The molecule has 1 heterocycles. The maximum absolute atomic E-state index is 8.89. The number of hydrogen-bond donors (Lipinski definition) is 0. The fraction of sp³-hybridized carbons (Fsp3) is 0.545. The third-order valence-electron chi connectivity index (χ3n) is 2.25. The van der Waals surface area contributed by atoms with E-state index in [1.54, 1.807) is 6.20 Å². The fourth-order valence-corrected chi connectivity index (χ4v) is 1.42. The van der Waals surface area contributed by atoms with Gasteiger partial charge in [-0.1, -0.05) is 0 Å². The largest absolute Gasteiger partial charge is 0.357 e. The zero-order valence-corrected chi connectivity index (χ0v) is 10.0. The van der Waals surface area contributed by atoms with Gasteiger partial charge in [0.05, 0.1) is 0 Å². The van der Waals surface area contributed by atoms with Crippen LogP contribution in [-0.4, -0.2) is 49.1 Å². The Morgan fingerprint density at radius 3 is 2.50 bits per heavy atom. The normalized spacial score (nSPS) is 10.2. The number of aromatic nitrogens is 2. The number of hydrogen-bond acceptors (Lipinski definition) is 5. The molecule has 0 bridgehead atoms. The quantitative estimate of drug-likeness (QED) is 0.731. The van der Waals surface area contributed by atoms with Gasteiger partial charge in [0.25, 0.3) is 0 Å². The Morgan fingerprint density at radius 1 is 1.19 bits per heavy atom. The lowest BCUT2D eigenvalue weighted by molar-refractivity contribution is 0.401. The van der Waals surface area contributed by atoms with Crippen LogP contribution in [0.3, 0.4) is 0 Å². The van der Waals surface area contributed by atoms with E-state index in [0.717, 1.165) is 19.5 Å². The van der Waals surface area contributed by atoms with Crippen LogP contribution in [0, 0.1) is 11.3 Å². The number of nitrogens with zero attached hydrogens (tertiary/aromatic N) is 5. The van der Waals surface area contributed by atoms with Crippen molar-refractivity contribution in [1.82, 2.24) is 14.9 Å². The smallest absolute Gasteiger partial charge is 0.183 e. The van der Waals surface area contributed by atoms with Crippen LogP contribution in [0.2, 0.25) is 0 Å². The third-order valence-corrected chi connectivity index (χ3v) is 2.25. The van der Waals surface area contributed by atoms with Gasteiger partial charge in [-0.2, -0.15) is 5.26 Å². The van der Waals surface area contributed by atoms with E-state index in [9.17, 15) is 0 Å². The van der Waals surface area contributed by atoms with Crippen molar-refractivity contribution in [2.45, 2.75) is 6.42 Å². The standard InChI is InChI=1S/C11H17N5/c1-15(2)7-4-8-16(3)11-10(9-12)13-5-6-14-11/h5-6H,4,7-8H2,1-3H3. The molecule has 86 valence electrons. The first kappa shape index (κ1) is 12.4. The molecule has 0 radical (unpaired) electrons. The maximum atomic E-state index is 8.89. The zero-order valence-electron chi connectivity index (χ0n) is 10.0. The Balaban J connectivity index is 2.59. The van der Waals surface area contributed by atoms with Crippen molar-refractivity contribution >= 4 is 5.82 Å². The van der Waals surface area contributed by atoms with E-state index in [-0.39, 0.29) is 0 Å². The van der Waals surface area contributed by atoms with Gasteiger partial charge in [0, 0.05) is 26.0 Å². The van der Waals surface area contributed by atoms with E-state index in [2.05, 4.69) is 14.9 Å². The summed E-state index contributed by atoms with van der Waals surface area (Å²) >= 11 is 0. The fourth-order valence-electron chi connectivity index (χ4n) is 1.42.